The van der Waals surface area contributed by atoms with Gasteiger partial charge in [-0.25, -0.2) is 0 Å². The van der Waals surface area contributed by atoms with Gasteiger partial charge in [-0.3, -0.25) is 9.59 Å². The van der Waals surface area contributed by atoms with Crippen molar-refractivity contribution in [1.82, 2.24) is 0 Å². The molecular weight excluding hydrogens is 354 g/mol. The molecule has 0 heterocycles. The SMILES string of the molecule is CC(=O)O[C@@H]1CC[C@@]2(C)[C@@H](CC[C@H]3[C@@H]4CC[C@H](/C(C)=N\O)[C@@]4(C)CC(=O)[C@@H]32)C1. The second-order valence-corrected chi connectivity index (χ2v) is 10.6. The lowest BCUT2D eigenvalue weighted by Gasteiger charge is -2.60. The summed E-state index contributed by atoms with van der Waals surface area (Å²) in [6.45, 7) is 8.00. The molecule has 0 saturated heterocycles. The number of Topliss-reactive ketones (excluding diaryl/α,β-unsaturated/α-hetero) is 1. The Balaban J connectivity index is 1.60. The van der Waals surface area contributed by atoms with E-state index in [0.29, 0.717) is 30.0 Å². The van der Waals surface area contributed by atoms with Crippen LogP contribution in [0.25, 0.3) is 0 Å². The van der Waals surface area contributed by atoms with Crippen molar-refractivity contribution in [3.8, 4) is 0 Å². The van der Waals surface area contributed by atoms with E-state index in [-0.39, 0.29) is 34.7 Å². The van der Waals surface area contributed by atoms with Gasteiger partial charge < -0.3 is 9.94 Å². The second kappa shape index (κ2) is 6.84. The van der Waals surface area contributed by atoms with Gasteiger partial charge in [0.2, 0.25) is 0 Å². The van der Waals surface area contributed by atoms with Gasteiger partial charge in [0.15, 0.2) is 0 Å². The minimum absolute atomic E-state index is 0.0235. The minimum Gasteiger partial charge on any atom is -0.463 e. The van der Waals surface area contributed by atoms with E-state index < -0.39 is 0 Å². The van der Waals surface area contributed by atoms with Crippen LogP contribution in [0.2, 0.25) is 0 Å². The summed E-state index contributed by atoms with van der Waals surface area (Å²) in [6, 6.07) is 0. The topological polar surface area (TPSA) is 76.0 Å². The molecule has 5 nitrogen and oxygen atoms in total. The van der Waals surface area contributed by atoms with Crippen LogP contribution in [-0.2, 0) is 14.3 Å². The van der Waals surface area contributed by atoms with Gasteiger partial charge >= 0.3 is 5.97 Å². The first-order valence-corrected chi connectivity index (χ1v) is 11.1. The lowest BCUT2D eigenvalue weighted by atomic mass is 9.44. The van der Waals surface area contributed by atoms with Gasteiger partial charge in [0.05, 0.1) is 5.71 Å². The van der Waals surface area contributed by atoms with Crippen LogP contribution in [-0.4, -0.2) is 28.8 Å². The van der Waals surface area contributed by atoms with Gasteiger partial charge in [-0.05, 0) is 80.5 Å². The molecule has 4 aliphatic carbocycles. The van der Waals surface area contributed by atoms with Crippen molar-refractivity contribution in [2.24, 2.45) is 45.6 Å². The third-order valence-electron chi connectivity index (χ3n) is 9.30. The number of carbonyl (C=O) groups is 2. The maximum atomic E-state index is 13.6. The molecule has 8 atom stereocenters. The van der Waals surface area contributed by atoms with E-state index in [1.165, 1.54) is 6.92 Å². The molecule has 4 saturated carbocycles. The minimum atomic E-state index is -0.190. The number of fused-ring (bicyclic) bond motifs is 5. The van der Waals surface area contributed by atoms with Crippen molar-refractivity contribution in [3.63, 3.8) is 0 Å². The predicted molar refractivity (Wildman–Crippen MR) is 106 cm³/mol. The summed E-state index contributed by atoms with van der Waals surface area (Å²) < 4.78 is 5.53. The highest BCUT2D eigenvalue weighted by Gasteiger charge is 2.63. The van der Waals surface area contributed by atoms with E-state index in [0.717, 1.165) is 50.7 Å². The molecule has 5 heteroatoms. The van der Waals surface area contributed by atoms with Crippen molar-refractivity contribution >= 4 is 17.5 Å². The van der Waals surface area contributed by atoms with Crippen LogP contribution in [0, 0.1) is 40.4 Å². The van der Waals surface area contributed by atoms with Crippen molar-refractivity contribution < 1.29 is 19.5 Å². The zero-order valence-corrected chi connectivity index (χ0v) is 17.7. The molecule has 4 fully saturated rings. The first-order valence-electron chi connectivity index (χ1n) is 11.1. The maximum Gasteiger partial charge on any atom is 0.302 e. The molecule has 0 aromatic heterocycles. The molecule has 0 amide bonds. The largest absolute Gasteiger partial charge is 0.463 e. The number of nitrogens with zero attached hydrogens (tertiary/aromatic N) is 1. The highest BCUT2D eigenvalue weighted by Crippen LogP contribution is 2.66. The molecule has 4 aliphatic rings. The van der Waals surface area contributed by atoms with Crippen LogP contribution in [0.4, 0.5) is 0 Å². The average Bonchev–Trinajstić information content (AvgIpc) is 2.97. The Hall–Kier alpha value is -1.39. The smallest absolute Gasteiger partial charge is 0.302 e. The van der Waals surface area contributed by atoms with Crippen molar-refractivity contribution in [2.75, 3.05) is 0 Å². The third-order valence-corrected chi connectivity index (χ3v) is 9.30. The highest BCUT2D eigenvalue weighted by molar-refractivity contribution is 5.89. The van der Waals surface area contributed by atoms with Gasteiger partial charge in [-0.15, -0.1) is 0 Å². The highest BCUT2D eigenvalue weighted by atomic mass is 16.5. The number of carbonyl (C=O) groups excluding carboxylic acids is 2. The van der Waals surface area contributed by atoms with Crippen LogP contribution in [0.3, 0.4) is 0 Å². The fraction of sp³-hybridized carbons (Fsp3) is 0.870. The van der Waals surface area contributed by atoms with E-state index in [1.54, 1.807) is 0 Å². The quantitative estimate of drug-likeness (QED) is 0.324. The Bertz CT molecular complexity index is 703. The number of ketones is 1. The summed E-state index contributed by atoms with van der Waals surface area (Å²) in [5.41, 5.74) is 0.765. The summed E-state index contributed by atoms with van der Waals surface area (Å²) in [6.07, 6.45) is 7.81. The second-order valence-electron chi connectivity index (χ2n) is 10.6. The predicted octanol–water partition coefficient (Wildman–Crippen LogP) is 4.61. The Morgan fingerprint density at radius 3 is 2.54 bits per heavy atom. The van der Waals surface area contributed by atoms with Gasteiger partial charge in [-0.1, -0.05) is 19.0 Å². The Morgan fingerprint density at radius 1 is 1.11 bits per heavy atom. The number of esters is 1. The normalized spacial score (nSPS) is 48.4. The fourth-order valence-electron chi connectivity index (χ4n) is 8.13. The summed E-state index contributed by atoms with van der Waals surface area (Å²) in [5.74, 6) is 2.07. The van der Waals surface area contributed by atoms with Crippen LogP contribution >= 0.6 is 0 Å². The molecule has 0 aliphatic heterocycles. The van der Waals surface area contributed by atoms with Crippen molar-refractivity contribution in [3.05, 3.63) is 0 Å². The van der Waals surface area contributed by atoms with E-state index in [1.807, 2.05) is 6.92 Å². The first kappa shape index (κ1) is 19.9. The van der Waals surface area contributed by atoms with E-state index in [2.05, 4.69) is 19.0 Å². The number of hydrogen-bond donors (Lipinski definition) is 1. The standard InChI is InChI=1S/C23H35NO4/c1-13(24-27)18-7-8-19-17-6-5-15-11-16(28-14(2)25)9-10-22(15,3)21(17)20(26)12-23(18,19)4/h15-19,21,27H,5-12H2,1-4H3/b24-13-/t15-,16+,17-,18+,19-,21+,22-,23+/m0/s1. The number of ether oxygens (including phenoxy) is 1. The summed E-state index contributed by atoms with van der Waals surface area (Å²) >= 11 is 0. The molecule has 0 spiro atoms. The molecule has 4 rings (SSSR count). The zero-order chi connectivity index (χ0) is 20.3. The molecule has 0 aromatic carbocycles. The zero-order valence-electron chi connectivity index (χ0n) is 17.7. The van der Waals surface area contributed by atoms with Crippen molar-refractivity contribution in [2.45, 2.75) is 85.2 Å². The molecule has 0 radical (unpaired) electrons. The van der Waals surface area contributed by atoms with Crippen LogP contribution in [0.15, 0.2) is 5.16 Å². The van der Waals surface area contributed by atoms with E-state index in [4.69, 9.17) is 4.74 Å². The monoisotopic (exact) mass is 389 g/mol. The van der Waals surface area contributed by atoms with E-state index in [9.17, 15) is 14.8 Å². The number of hydrogen-bond acceptors (Lipinski definition) is 5. The van der Waals surface area contributed by atoms with Gasteiger partial charge in [-0.2, -0.15) is 0 Å². The van der Waals surface area contributed by atoms with Crippen molar-refractivity contribution in [1.29, 1.82) is 0 Å². The maximum absolute atomic E-state index is 13.6. The molecule has 0 aromatic rings. The molecule has 1 N–H and O–H groups in total. The molecule has 156 valence electrons. The van der Waals surface area contributed by atoms with Gasteiger partial charge in [0.25, 0.3) is 0 Å². The first-order chi connectivity index (χ1) is 13.2. The van der Waals surface area contributed by atoms with Crippen LogP contribution in [0.1, 0.15) is 79.1 Å². The third kappa shape index (κ3) is 2.83. The molecule has 0 unspecified atom stereocenters. The molecule has 28 heavy (non-hydrogen) atoms. The summed E-state index contributed by atoms with van der Waals surface area (Å²) in [5, 5.41) is 12.9. The summed E-state index contributed by atoms with van der Waals surface area (Å²) in [7, 11) is 0. The lowest BCUT2D eigenvalue weighted by molar-refractivity contribution is -0.168. The Labute approximate surface area is 168 Å². The van der Waals surface area contributed by atoms with Gasteiger partial charge in [0, 0.05) is 25.2 Å². The summed E-state index contributed by atoms with van der Waals surface area (Å²) in [4.78, 5) is 25.0. The van der Waals surface area contributed by atoms with Gasteiger partial charge in [0.1, 0.15) is 11.9 Å². The van der Waals surface area contributed by atoms with Crippen LogP contribution < -0.4 is 0 Å². The lowest BCUT2D eigenvalue weighted by Crippen LogP contribution is -2.58. The average molecular weight is 390 g/mol. The number of oxime groups is 1. The number of rotatable bonds is 2. The molecule has 0 bridgehead atoms. The van der Waals surface area contributed by atoms with Crippen LogP contribution in [0.5, 0.6) is 0 Å². The fourth-order valence-corrected chi connectivity index (χ4v) is 8.13. The molecular formula is C23H35NO4. The Morgan fingerprint density at radius 2 is 1.86 bits per heavy atom. The Kier molecular flexibility index (Phi) is 4.86. The van der Waals surface area contributed by atoms with E-state index >= 15 is 0 Å².